The van der Waals surface area contributed by atoms with Crippen LogP contribution in [0.2, 0.25) is 0 Å². The molecule has 0 saturated carbocycles. The molecule has 0 aliphatic rings. The Labute approximate surface area is 115 Å². The fourth-order valence-corrected chi connectivity index (χ4v) is 1.81. The second-order valence-electron chi connectivity index (χ2n) is 5.01. The maximum Gasteiger partial charge on any atom is 0.119 e. The van der Waals surface area contributed by atoms with Gasteiger partial charge in [0.2, 0.25) is 0 Å². The van der Waals surface area contributed by atoms with Crippen molar-refractivity contribution < 1.29 is 14.6 Å². The summed E-state index contributed by atoms with van der Waals surface area (Å²) in [6.45, 7) is 6.14. The summed E-state index contributed by atoms with van der Waals surface area (Å²) in [5.41, 5.74) is 0. The molecule has 4 heteroatoms. The zero-order valence-corrected chi connectivity index (χ0v) is 12.1. The van der Waals surface area contributed by atoms with E-state index in [1.807, 2.05) is 24.3 Å². The van der Waals surface area contributed by atoms with Crippen LogP contribution in [0.25, 0.3) is 0 Å². The maximum absolute atomic E-state index is 9.68. The fraction of sp³-hybridized carbons (Fsp3) is 0.600. The monoisotopic (exact) mass is 267 g/mol. The summed E-state index contributed by atoms with van der Waals surface area (Å²) in [6, 6.07) is 7.50. The Balaban J connectivity index is 2.10. The van der Waals surface area contributed by atoms with E-state index in [-0.39, 0.29) is 6.10 Å². The third kappa shape index (κ3) is 7.03. The zero-order valence-electron chi connectivity index (χ0n) is 12.1. The molecule has 2 N–H and O–H groups in total. The first-order chi connectivity index (χ1) is 9.11. The Hall–Kier alpha value is -1.26. The number of hydrogen-bond acceptors (Lipinski definition) is 4. The Bertz CT molecular complexity index is 338. The molecule has 19 heavy (non-hydrogen) atoms. The third-order valence-corrected chi connectivity index (χ3v) is 2.73. The van der Waals surface area contributed by atoms with Crippen LogP contribution in [0, 0.1) is 5.92 Å². The second kappa shape index (κ2) is 8.77. The van der Waals surface area contributed by atoms with Crippen molar-refractivity contribution in [3.8, 4) is 11.5 Å². The topological polar surface area (TPSA) is 50.7 Å². The number of ether oxygens (including phenoxy) is 2. The predicted octanol–water partition coefficient (Wildman–Crippen LogP) is 2.07. The number of methoxy groups -OCH3 is 1. The van der Waals surface area contributed by atoms with Crippen molar-refractivity contribution in [2.75, 3.05) is 26.8 Å². The number of nitrogens with one attached hydrogen (secondary N) is 1. The third-order valence-electron chi connectivity index (χ3n) is 2.73. The summed E-state index contributed by atoms with van der Waals surface area (Å²) in [4.78, 5) is 0. The SMILES string of the molecule is COc1ccc(OCCNCC(O)CC(C)C)cc1. The van der Waals surface area contributed by atoms with Crippen LogP contribution in [0.15, 0.2) is 24.3 Å². The molecular formula is C15H25NO3. The lowest BCUT2D eigenvalue weighted by molar-refractivity contribution is 0.144. The first-order valence-electron chi connectivity index (χ1n) is 6.77. The molecule has 1 unspecified atom stereocenters. The van der Waals surface area contributed by atoms with Crippen molar-refractivity contribution in [1.82, 2.24) is 5.32 Å². The summed E-state index contributed by atoms with van der Waals surface area (Å²) >= 11 is 0. The predicted molar refractivity (Wildman–Crippen MR) is 76.8 cm³/mol. The molecular weight excluding hydrogens is 242 g/mol. The second-order valence-corrected chi connectivity index (χ2v) is 5.01. The lowest BCUT2D eigenvalue weighted by Gasteiger charge is -2.14. The normalized spacial score (nSPS) is 12.5. The molecule has 1 atom stereocenters. The van der Waals surface area contributed by atoms with Crippen LogP contribution < -0.4 is 14.8 Å². The summed E-state index contributed by atoms with van der Waals surface area (Å²) in [5, 5.41) is 12.9. The number of hydrogen-bond donors (Lipinski definition) is 2. The van der Waals surface area contributed by atoms with Gasteiger partial charge in [0.1, 0.15) is 18.1 Å². The van der Waals surface area contributed by atoms with Crippen LogP contribution in [0.1, 0.15) is 20.3 Å². The van der Waals surface area contributed by atoms with Gasteiger partial charge in [-0.3, -0.25) is 0 Å². The Morgan fingerprint density at radius 1 is 1.16 bits per heavy atom. The molecule has 1 aromatic rings. The van der Waals surface area contributed by atoms with Crippen molar-refractivity contribution in [2.24, 2.45) is 5.92 Å². The van der Waals surface area contributed by atoms with Crippen LogP contribution in [0.4, 0.5) is 0 Å². The fourth-order valence-electron chi connectivity index (χ4n) is 1.81. The summed E-state index contributed by atoms with van der Waals surface area (Å²) in [6.07, 6.45) is 0.549. The molecule has 0 amide bonds. The Kier molecular flexibility index (Phi) is 7.30. The minimum atomic E-state index is -0.277. The molecule has 0 heterocycles. The Morgan fingerprint density at radius 3 is 2.37 bits per heavy atom. The molecule has 0 spiro atoms. The van der Waals surface area contributed by atoms with Crippen molar-refractivity contribution in [3.63, 3.8) is 0 Å². The van der Waals surface area contributed by atoms with Crippen LogP contribution >= 0.6 is 0 Å². The zero-order chi connectivity index (χ0) is 14.1. The van der Waals surface area contributed by atoms with E-state index in [4.69, 9.17) is 9.47 Å². The van der Waals surface area contributed by atoms with E-state index in [1.165, 1.54) is 0 Å². The van der Waals surface area contributed by atoms with Gasteiger partial charge in [0.15, 0.2) is 0 Å². The molecule has 0 radical (unpaired) electrons. The molecule has 4 nitrogen and oxygen atoms in total. The lowest BCUT2D eigenvalue weighted by Crippen LogP contribution is -2.30. The van der Waals surface area contributed by atoms with Gasteiger partial charge in [-0.1, -0.05) is 13.8 Å². The summed E-state index contributed by atoms with van der Waals surface area (Å²) in [5.74, 6) is 2.17. The smallest absolute Gasteiger partial charge is 0.119 e. The molecule has 0 saturated heterocycles. The van der Waals surface area contributed by atoms with E-state index in [1.54, 1.807) is 7.11 Å². The molecule has 1 aromatic carbocycles. The van der Waals surface area contributed by atoms with Gasteiger partial charge < -0.3 is 19.9 Å². The van der Waals surface area contributed by atoms with Crippen molar-refractivity contribution in [2.45, 2.75) is 26.4 Å². The molecule has 0 aromatic heterocycles. The van der Waals surface area contributed by atoms with Gasteiger partial charge in [0, 0.05) is 13.1 Å². The highest BCUT2D eigenvalue weighted by Crippen LogP contribution is 2.16. The number of benzene rings is 1. The van der Waals surface area contributed by atoms with Gasteiger partial charge in [-0.15, -0.1) is 0 Å². The van der Waals surface area contributed by atoms with Crippen LogP contribution in [-0.4, -0.2) is 38.0 Å². The van der Waals surface area contributed by atoms with Crippen LogP contribution in [0.5, 0.6) is 11.5 Å². The first kappa shape index (κ1) is 15.8. The van der Waals surface area contributed by atoms with E-state index in [2.05, 4.69) is 19.2 Å². The van der Waals surface area contributed by atoms with Gasteiger partial charge in [-0.2, -0.15) is 0 Å². The van der Waals surface area contributed by atoms with Gasteiger partial charge in [-0.05, 0) is 36.6 Å². The van der Waals surface area contributed by atoms with Crippen LogP contribution in [0.3, 0.4) is 0 Å². The largest absolute Gasteiger partial charge is 0.497 e. The average molecular weight is 267 g/mol. The molecule has 0 bridgehead atoms. The van der Waals surface area contributed by atoms with E-state index >= 15 is 0 Å². The van der Waals surface area contributed by atoms with E-state index < -0.39 is 0 Å². The van der Waals surface area contributed by atoms with E-state index in [0.717, 1.165) is 24.5 Å². The van der Waals surface area contributed by atoms with E-state index in [0.29, 0.717) is 19.1 Å². The van der Waals surface area contributed by atoms with Gasteiger partial charge in [0.05, 0.1) is 13.2 Å². The highest BCUT2D eigenvalue weighted by molar-refractivity contribution is 5.31. The minimum Gasteiger partial charge on any atom is -0.497 e. The van der Waals surface area contributed by atoms with Crippen molar-refractivity contribution >= 4 is 0 Å². The number of aliphatic hydroxyl groups excluding tert-OH is 1. The van der Waals surface area contributed by atoms with Crippen molar-refractivity contribution in [1.29, 1.82) is 0 Å². The van der Waals surface area contributed by atoms with Gasteiger partial charge >= 0.3 is 0 Å². The minimum absolute atomic E-state index is 0.277. The summed E-state index contributed by atoms with van der Waals surface area (Å²) < 4.78 is 10.6. The standard InChI is InChI=1S/C15H25NO3/c1-12(2)10-13(17)11-16-8-9-19-15-6-4-14(18-3)5-7-15/h4-7,12-13,16-17H,8-11H2,1-3H3. The molecule has 0 aliphatic heterocycles. The number of rotatable bonds is 9. The molecule has 1 rings (SSSR count). The lowest BCUT2D eigenvalue weighted by atomic mass is 10.1. The number of aliphatic hydroxyl groups is 1. The summed E-state index contributed by atoms with van der Waals surface area (Å²) in [7, 11) is 1.64. The molecule has 0 aliphatic carbocycles. The van der Waals surface area contributed by atoms with Crippen molar-refractivity contribution in [3.05, 3.63) is 24.3 Å². The van der Waals surface area contributed by atoms with Gasteiger partial charge in [0.25, 0.3) is 0 Å². The highest BCUT2D eigenvalue weighted by atomic mass is 16.5. The van der Waals surface area contributed by atoms with Crippen LogP contribution in [-0.2, 0) is 0 Å². The molecule has 108 valence electrons. The maximum atomic E-state index is 9.68. The molecule has 0 fully saturated rings. The average Bonchev–Trinajstić information content (AvgIpc) is 2.38. The Morgan fingerprint density at radius 2 is 1.79 bits per heavy atom. The van der Waals surface area contributed by atoms with Gasteiger partial charge in [-0.25, -0.2) is 0 Å². The highest BCUT2D eigenvalue weighted by Gasteiger charge is 2.05. The van der Waals surface area contributed by atoms with E-state index in [9.17, 15) is 5.11 Å². The first-order valence-corrected chi connectivity index (χ1v) is 6.77. The quantitative estimate of drug-likeness (QED) is 0.673.